The summed E-state index contributed by atoms with van der Waals surface area (Å²) < 4.78 is 54.6. The van der Waals surface area contributed by atoms with Crippen molar-refractivity contribution in [2.45, 2.75) is 32.0 Å². The molecule has 120 valence electrons. The fourth-order valence-electron chi connectivity index (χ4n) is 1.83. The highest BCUT2D eigenvalue weighted by Gasteiger charge is 2.28. The van der Waals surface area contributed by atoms with Gasteiger partial charge in [0.2, 0.25) is 0 Å². The van der Waals surface area contributed by atoms with E-state index in [1.54, 1.807) is 6.07 Å². The maximum Gasteiger partial charge on any atom is 0.411 e. The molecule has 0 aliphatic rings. The number of alkyl halides is 3. The third-order valence-electron chi connectivity index (χ3n) is 2.78. The molecule has 1 atom stereocenters. The quantitative estimate of drug-likeness (QED) is 0.730. The first-order valence-corrected chi connectivity index (χ1v) is 7.02. The zero-order valence-electron chi connectivity index (χ0n) is 11.6. The van der Waals surface area contributed by atoms with Gasteiger partial charge < -0.3 is 10.1 Å². The van der Waals surface area contributed by atoms with E-state index in [1.807, 2.05) is 6.92 Å². The maximum absolute atomic E-state index is 13.7. The summed E-state index contributed by atoms with van der Waals surface area (Å²) in [6, 6.07) is 3.87. The zero-order valence-corrected chi connectivity index (χ0v) is 12.4. The van der Waals surface area contributed by atoms with Crippen LogP contribution in [0.5, 0.6) is 0 Å². The van der Waals surface area contributed by atoms with Crippen LogP contribution in [0.3, 0.4) is 0 Å². The molecule has 0 saturated carbocycles. The highest BCUT2D eigenvalue weighted by molar-refractivity contribution is 6.31. The van der Waals surface area contributed by atoms with Crippen molar-refractivity contribution >= 4 is 11.6 Å². The van der Waals surface area contributed by atoms with E-state index >= 15 is 0 Å². The van der Waals surface area contributed by atoms with Crippen molar-refractivity contribution in [3.05, 3.63) is 34.6 Å². The topological polar surface area (TPSA) is 21.3 Å². The molecule has 0 spiro atoms. The van der Waals surface area contributed by atoms with Gasteiger partial charge in [0, 0.05) is 16.6 Å². The summed E-state index contributed by atoms with van der Waals surface area (Å²) in [4.78, 5) is 0. The molecule has 0 saturated heterocycles. The Hall–Kier alpha value is -0.850. The van der Waals surface area contributed by atoms with Gasteiger partial charge in [-0.3, -0.25) is 0 Å². The summed E-state index contributed by atoms with van der Waals surface area (Å²) in [6.07, 6.45) is -3.39. The molecule has 1 aromatic rings. The van der Waals surface area contributed by atoms with Crippen LogP contribution in [-0.2, 0) is 11.2 Å². The molecule has 7 heteroatoms. The van der Waals surface area contributed by atoms with Gasteiger partial charge in [0.25, 0.3) is 0 Å². The largest absolute Gasteiger partial charge is 0.411 e. The number of benzene rings is 1. The molecule has 0 aromatic heterocycles. The van der Waals surface area contributed by atoms with Crippen LogP contribution in [0.1, 0.15) is 18.9 Å². The number of halogens is 5. The third-order valence-corrected chi connectivity index (χ3v) is 3.13. The molecule has 0 amide bonds. The Morgan fingerprint density at radius 3 is 2.62 bits per heavy atom. The maximum atomic E-state index is 13.7. The Morgan fingerprint density at radius 1 is 1.33 bits per heavy atom. The smallest absolute Gasteiger partial charge is 0.370 e. The van der Waals surface area contributed by atoms with Crippen LogP contribution in [0.15, 0.2) is 18.2 Å². The van der Waals surface area contributed by atoms with Crippen molar-refractivity contribution in [3.63, 3.8) is 0 Å². The average Bonchev–Trinajstić information content (AvgIpc) is 2.38. The summed E-state index contributed by atoms with van der Waals surface area (Å²) in [6.45, 7) is 1.05. The van der Waals surface area contributed by atoms with Crippen LogP contribution in [0.25, 0.3) is 0 Å². The van der Waals surface area contributed by atoms with Crippen LogP contribution in [0.4, 0.5) is 17.6 Å². The van der Waals surface area contributed by atoms with Crippen molar-refractivity contribution < 1.29 is 22.3 Å². The molecule has 1 aromatic carbocycles. The number of ether oxygens (including phenoxy) is 1. The number of hydrogen-bond donors (Lipinski definition) is 1. The lowest BCUT2D eigenvalue weighted by atomic mass is 10.1. The fraction of sp³-hybridized carbons (Fsp3) is 0.571. The summed E-state index contributed by atoms with van der Waals surface area (Å²) in [5.41, 5.74) is 0.281. The van der Waals surface area contributed by atoms with Gasteiger partial charge in [0.1, 0.15) is 12.4 Å². The second kappa shape index (κ2) is 8.56. The Balaban J connectivity index is 2.65. The Kier molecular flexibility index (Phi) is 7.42. The van der Waals surface area contributed by atoms with Crippen molar-refractivity contribution in [2.24, 2.45) is 0 Å². The molecule has 0 fully saturated rings. The summed E-state index contributed by atoms with van der Waals surface area (Å²) in [5, 5.41) is 3.30. The van der Waals surface area contributed by atoms with Gasteiger partial charge in [-0.25, -0.2) is 4.39 Å². The van der Waals surface area contributed by atoms with Crippen LogP contribution in [-0.4, -0.2) is 32.0 Å². The lowest BCUT2D eigenvalue weighted by Gasteiger charge is -2.20. The molecule has 2 nitrogen and oxygen atoms in total. The number of rotatable bonds is 8. The molecule has 0 aliphatic heterocycles. The fourth-order valence-corrected chi connectivity index (χ4v) is 2.07. The third kappa shape index (κ3) is 7.11. The van der Waals surface area contributed by atoms with Gasteiger partial charge in [-0.2, -0.15) is 13.2 Å². The molecule has 0 heterocycles. The molecule has 0 radical (unpaired) electrons. The first-order chi connectivity index (χ1) is 9.83. The van der Waals surface area contributed by atoms with Crippen molar-refractivity contribution in [3.8, 4) is 0 Å². The SMILES string of the molecule is CCCNC(COCC(F)(F)F)Cc1c(F)cccc1Cl. The second-order valence-electron chi connectivity index (χ2n) is 4.69. The average molecular weight is 328 g/mol. The normalized spacial score (nSPS) is 13.4. The molecular weight excluding hydrogens is 310 g/mol. The molecular formula is C14H18ClF4NO. The second-order valence-corrected chi connectivity index (χ2v) is 5.09. The van der Waals surface area contributed by atoms with Crippen molar-refractivity contribution in [1.29, 1.82) is 0 Å². The highest BCUT2D eigenvalue weighted by atomic mass is 35.5. The molecule has 1 N–H and O–H groups in total. The Morgan fingerprint density at radius 2 is 2.05 bits per heavy atom. The molecule has 1 rings (SSSR count). The Labute approximate surface area is 126 Å². The zero-order chi connectivity index (χ0) is 15.9. The van der Waals surface area contributed by atoms with Gasteiger partial charge in [-0.15, -0.1) is 0 Å². The minimum Gasteiger partial charge on any atom is -0.370 e. The van der Waals surface area contributed by atoms with E-state index in [0.717, 1.165) is 6.42 Å². The standard InChI is InChI=1S/C14H18ClF4NO/c1-2-6-20-10(8-21-9-14(17,18)19)7-11-12(15)4-3-5-13(11)16/h3-5,10,20H,2,6-9H2,1H3. The molecule has 21 heavy (non-hydrogen) atoms. The van der Waals surface area contributed by atoms with Crippen molar-refractivity contribution in [2.75, 3.05) is 19.8 Å². The van der Waals surface area contributed by atoms with Gasteiger partial charge in [0.05, 0.1) is 6.61 Å². The number of hydrogen-bond acceptors (Lipinski definition) is 2. The van der Waals surface area contributed by atoms with Crippen LogP contribution in [0.2, 0.25) is 5.02 Å². The summed E-state index contributed by atoms with van der Waals surface area (Å²) in [5.74, 6) is -0.471. The first-order valence-electron chi connectivity index (χ1n) is 6.64. The molecule has 0 bridgehead atoms. The van der Waals surface area contributed by atoms with E-state index in [0.29, 0.717) is 6.54 Å². The van der Waals surface area contributed by atoms with Gasteiger partial charge in [0.15, 0.2) is 0 Å². The lowest BCUT2D eigenvalue weighted by molar-refractivity contribution is -0.175. The van der Waals surface area contributed by atoms with Gasteiger partial charge in [-0.05, 0) is 31.5 Å². The van der Waals surface area contributed by atoms with Crippen molar-refractivity contribution in [1.82, 2.24) is 5.32 Å². The van der Waals surface area contributed by atoms with Gasteiger partial charge in [-0.1, -0.05) is 24.6 Å². The first kappa shape index (κ1) is 18.2. The predicted molar refractivity (Wildman–Crippen MR) is 74.1 cm³/mol. The molecule has 1 unspecified atom stereocenters. The van der Waals surface area contributed by atoms with E-state index in [1.165, 1.54) is 12.1 Å². The molecule has 0 aliphatic carbocycles. The van der Waals surface area contributed by atoms with Gasteiger partial charge >= 0.3 is 6.18 Å². The van der Waals surface area contributed by atoms with E-state index < -0.39 is 24.6 Å². The number of nitrogens with one attached hydrogen (secondary N) is 1. The monoisotopic (exact) mass is 327 g/mol. The summed E-state index contributed by atoms with van der Waals surface area (Å²) >= 11 is 5.93. The summed E-state index contributed by atoms with van der Waals surface area (Å²) in [7, 11) is 0. The lowest BCUT2D eigenvalue weighted by Crippen LogP contribution is -2.37. The highest BCUT2D eigenvalue weighted by Crippen LogP contribution is 2.21. The predicted octanol–water partition coefficient (Wildman–Crippen LogP) is 3.97. The van der Waals surface area contributed by atoms with Crippen LogP contribution < -0.4 is 5.32 Å². The van der Waals surface area contributed by atoms with Crippen LogP contribution in [0, 0.1) is 5.82 Å². The Bertz CT molecular complexity index is 419. The minimum absolute atomic E-state index is 0.163. The van der Waals surface area contributed by atoms with E-state index in [2.05, 4.69) is 10.1 Å². The minimum atomic E-state index is -4.37. The van der Waals surface area contributed by atoms with E-state index in [-0.39, 0.29) is 23.6 Å². The van der Waals surface area contributed by atoms with E-state index in [9.17, 15) is 17.6 Å². The van der Waals surface area contributed by atoms with E-state index in [4.69, 9.17) is 11.6 Å². The van der Waals surface area contributed by atoms with Crippen LogP contribution >= 0.6 is 11.6 Å².